The van der Waals surface area contributed by atoms with Gasteiger partial charge in [0.05, 0.1) is 19.3 Å². The molecule has 0 unspecified atom stereocenters. The number of rotatable bonds is 4. The Bertz CT molecular complexity index is 671. The third-order valence-corrected chi connectivity index (χ3v) is 4.60. The fourth-order valence-electron chi connectivity index (χ4n) is 2.19. The number of ether oxygens (including phenoxy) is 2. The first-order chi connectivity index (χ1) is 10.2. The average molecular weight is 305 g/mol. The summed E-state index contributed by atoms with van der Waals surface area (Å²) in [5.74, 6) is 1.27. The van der Waals surface area contributed by atoms with Crippen LogP contribution in [0.15, 0.2) is 29.4 Å². The number of benzene rings is 1. The molecule has 1 aliphatic rings. The summed E-state index contributed by atoms with van der Waals surface area (Å²) in [6.45, 7) is 0.480. The van der Waals surface area contributed by atoms with Crippen LogP contribution in [0.1, 0.15) is 6.42 Å². The molecule has 0 aliphatic carbocycles. The lowest BCUT2D eigenvalue weighted by molar-refractivity contribution is -0.137. The predicted molar refractivity (Wildman–Crippen MR) is 78.2 cm³/mol. The highest BCUT2D eigenvalue weighted by molar-refractivity contribution is 8.00. The van der Waals surface area contributed by atoms with Gasteiger partial charge in [-0.25, -0.2) is 0 Å². The molecule has 0 saturated carbocycles. The van der Waals surface area contributed by atoms with E-state index < -0.39 is 0 Å². The highest BCUT2D eigenvalue weighted by Gasteiger charge is 2.29. The maximum Gasteiger partial charge on any atom is 0.319 e. The lowest BCUT2D eigenvalue weighted by atomic mass is 10.2. The van der Waals surface area contributed by atoms with Gasteiger partial charge >= 0.3 is 5.97 Å². The molecule has 0 amide bonds. The first-order valence-corrected chi connectivity index (χ1v) is 7.44. The van der Waals surface area contributed by atoms with Crippen LogP contribution in [0.2, 0.25) is 0 Å². The first kappa shape index (κ1) is 13.9. The van der Waals surface area contributed by atoms with Crippen LogP contribution < -0.4 is 4.74 Å². The number of cyclic esters (lactones) is 1. The zero-order valence-electron chi connectivity index (χ0n) is 11.8. The molecule has 1 aliphatic heterocycles. The van der Waals surface area contributed by atoms with Gasteiger partial charge in [0.15, 0.2) is 11.0 Å². The Labute approximate surface area is 126 Å². The molecule has 110 valence electrons. The van der Waals surface area contributed by atoms with Crippen LogP contribution in [0, 0.1) is 0 Å². The van der Waals surface area contributed by atoms with E-state index in [0.717, 1.165) is 11.3 Å². The second kappa shape index (κ2) is 5.77. The molecule has 7 heteroatoms. The van der Waals surface area contributed by atoms with Gasteiger partial charge in [0.1, 0.15) is 11.0 Å². The van der Waals surface area contributed by atoms with Crippen LogP contribution in [0.5, 0.6) is 5.75 Å². The number of nitrogens with zero attached hydrogens (tertiary/aromatic N) is 3. The van der Waals surface area contributed by atoms with Crippen LogP contribution in [-0.4, -0.2) is 39.7 Å². The topological polar surface area (TPSA) is 66.2 Å². The zero-order valence-corrected chi connectivity index (χ0v) is 12.6. The minimum Gasteiger partial charge on any atom is -0.496 e. The van der Waals surface area contributed by atoms with Crippen LogP contribution in [0.25, 0.3) is 11.4 Å². The molecule has 21 heavy (non-hydrogen) atoms. The number of para-hydroxylation sites is 1. The largest absolute Gasteiger partial charge is 0.496 e. The summed E-state index contributed by atoms with van der Waals surface area (Å²) in [6.07, 6.45) is 0.709. The fourth-order valence-corrected chi connectivity index (χ4v) is 3.16. The van der Waals surface area contributed by atoms with Gasteiger partial charge in [0, 0.05) is 13.5 Å². The average Bonchev–Trinajstić information content (AvgIpc) is 3.07. The Hall–Kier alpha value is -2.02. The number of thioether (sulfide) groups is 1. The number of aromatic nitrogens is 3. The standard InChI is InChI=1S/C14H15N3O3S/c1-17-12(9-5-3-4-6-10(9)19-2)15-16-14(17)21-11-7-8-20-13(11)18/h3-6,11H,7-8H2,1-2H3/t11-/m1/s1. The Balaban J connectivity index is 1.90. The van der Waals surface area contributed by atoms with E-state index in [1.165, 1.54) is 11.8 Å². The summed E-state index contributed by atoms with van der Waals surface area (Å²) in [5, 5.41) is 8.90. The smallest absolute Gasteiger partial charge is 0.319 e. The molecule has 1 aromatic carbocycles. The molecule has 3 rings (SSSR count). The maximum absolute atomic E-state index is 11.5. The zero-order chi connectivity index (χ0) is 14.8. The molecule has 1 atom stereocenters. The van der Waals surface area contributed by atoms with Crippen LogP contribution in [-0.2, 0) is 16.6 Å². The van der Waals surface area contributed by atoms with E-state index in [2.05, 4.69) is 10.2 Å². The summed E-state index contributed by atoms with van der Waals surface area (Å²) >= 11 is 1.39. The third-order valence-electron chi connectivity index (χ3n) is 3.32. The lowest BCUT2D eigenvalue weighted by Crippen LogP contribution is -2.10. The molecule has 0 spiro atoms. The molecule has 0 N–H and O–H groups in total. The fraction of sp³-hybridized carbons (Fsp3) is 0.357. The minimum absolute atomic E-state index is 0.179. The van der Waals surface area contributed by atoms with E-state index in [-0.39, 0.29) is 11.2 Å². The van der Waals surface area contributed by atoms with Crippen molar-refractivity contribution >= 4 is 17.7 Å². The number of carbonyl (C=O) groups is 1. The van der Waals surface area contributed by atoms with Crippen molar-refractivity contribution in [2.45, 2.75) is 16.8 Å². The number of hydrogen-bond donors (Lipinski definition) is 0. The Morgan fingerprint density at radius 1 is 1.38 bits per heavy atom. The van der Waals surface area contributed by atoms with Gasteiger partial charge in [-0.1, -0.05) is 23.9 Å². The monoisotopic (exact) mass is 305 g/mol. The second-order valence-electron chi connectivity index (χ2n) is 4.63. The quantitative estimate of drug-likeness (QED) is 0.804. The summed E-state index contributed by atoms with van der Waals surface area (Å²) in [7, 11) is 3.50. The van der Waals surface area contributed by atoms with E-state index >= 15 is 0 Å². The summed E-state index contributed by atoms with van der Waals surface area (Å²) in [6, 6.07) is 7.64. The van der Waals surface area contributed by atoms with Gasteiger partial charge in [0.2, 0.25) is 0 Å². The summed E-state index contributed by atoms with van der Waals surface area (Å²) in [5.41, 5.74) is 0.871. The molecule has 2 heterocycles. The highest BCUT2D eigenvalue weighted by Crippen LogP contribution is 2.33. The molecular formula is C14H15N3O3S. The Kier molecular flexibility index (Phi) is 3.83. The van der Waals surface area contributed by atoms with Crippen LogP contribution in [0.4, 0.5) is 0 Å². The van der Waals surface area contributed by atoms with Crippen molar-refractivity contribution in [2.75, 3.05) is 13.7 Å². The molecule has 1 aromatic heterocycles. The van der Waals surface area contributed by atoms with Crippen LogP contribution >= 0.6 is 11.8 Å². The molecule has 0 bridgehead atoms. The number of methoxy groups -OCH3 is 1. The Morgan fingerprint density at radius 2 is 2.19 bits per heavy atom. The predicted octanol–water partition coefficient (Wildman–Crippen LogP) is 1.90. The van der Waals surface area contributed by atoms with E-state index in [0.29, 0.717) is 24.0 Å². The van der Waals surface area contributed by atoms with Crippen molar-refractivity contribution in [1.82, 2.24) is 14.8 Å². The van der Waals surface area contributed by atoms with E-state index in [1.54, 1.807) is 7.11 Å². The molecule has 1 saturated heterocycles. The lowest BCUT2D eigenvalue weighted by Gasteiger charge is -2.08. The van der Waals surface area contributed by atoms with E-state index in [9.17, 15) is 4.79 Å². The maximum atomic E-state index is 11.5. The summed E-state index contributed by atoms with van der Waals surface area (Å²) < 4.78 is 12.2. The van der Waals surface area contributed by atoms with Crippen molar-refractivity contribution in [3.63, 3.8) is 0 Å². The van der Waals surface area contributed by atoms with Crippen molar-refractivity contribution in [3.8, 4) is 17.1 Å². The number of hydrogen-bond acceptors (Lipinski definition) is 6. The SMILES string of the molecule is COc1ccccc1-c1nnc(S[C@@H]2CCOC2=O)n1C. The first-order valence-electron chi connectivity index (χ1n) is 6.57. The third kappa shape index (κ3) is 2.61. The Morgan fingerprint density at radius 3 is 2.90 bits per heavy atom. The van der Waals surface area contributed by atoms with Gasteiger partial charge in [0.25, 0.3) is 0 Å². The molecule has 0 radical (unpaired) electrons. The van der Waals surface area contributed by atoms with E-state index in [1.807, 2.05) is 35.9 Å². The van der Waals surface area contributed by atoms with Crippen molar-refractivity contribution in [1.29, 1.82) is 0 Å². The van der Waals surface area contributed by atoms with Gasteiger partial charge < -0.3 is 14.0 Å². The van der Waals surface area contributed by atoms with Crippen molar-refractivity contribution in [3.05, 3.63) is 24.3 Å². The minimum atomic E-state index is -0.196. The van der Waals surface area contributed by atoms with Gasteiger partial charge in [-0.05, 0) is 12.1 Å². The molecule has 6 nitrogen and oxygen atoms in total. The van der Waals surface area contributed by atoms with Crippen LogP contribution in [0.3, 0.4) is 0 Å². The van der Waals surface area contributed by atoms with Crippen molar-refractivity contribution < 1.29 is 14.3 Å². The normalized spacial score (nSPS) is 17.8. The molecule has 1 fully saturated rings. The van der Waals surface area contributed by atoms with Gasteiger partial charge in [-0.3, -0.25) is 4.79 Å². The molecule has 2 aromatic rings. The molecular weight excluding hydrogens is 290 g/mol. The second-order valence-corrected chi connectivity index (χ2v) is 5.80. The summed E-state index contributed by atoms with van der Waals surface area (Å²) in [4.78, 5) is 11.5. The van der Waals surface area contributed by atoms with E-state index in [4.69, 9.17) is 9.47 Å². The highest BCUT2D eigenvalue weighted by atomic mass is 32.2. The van der Waals surface area contributed by atoms with Gasteiger partial charge in [-0.15, -0.1) is 10.2 Å². The number of esters is 1. The van der Waals surface area contributed by atoms with Gasteiger partial charge in [-0.2, -0.15) is 0 Å². The number of carbonyl (C=O) groups excluding carboxylic acids is 1. The van der Waals surface area contributed by atoms with Crippen molar-refractivity contribution in [2.24, 2.45) is 7.05 Å².